The highest BCUT2D eigenvalue weighted by Gasteiger charge is 2.22. The van der Waals surface area contributed by atoms with Crippen LogP contribution in [-0.2, 0) is 0 Å². The minimum atomic E-state index is -0.150. The van der Waals surface area contributed by atoms with Gasteiger partial charge in [0, 0.05) is 31.9 Å². The fourth-order valence-corrected chi connectivity index (χ4v) is 3.40. The minimum Gasteiger partial charge on any atom is -0.358 e. The Morgan fingerprint density at radius 3 is 2.41 bits per heavy atom. The maximum absolute atomic E-state index is 12.0. The number of aromatic nitrogens is 1. The average Bonchev–Trinajstić information content (AvgIpc) is 2.79. The van der Waals surface area contributed by atoms with Crippen molar-refractivity contribution in [1.82, 2.24) is 9.58 Å². The normalized spacial score (nSPS) is 16.0. The van der Waals surface area contributed by atoms with E-state index in [0.29, 0.717) is 5.82 Å². The summed E-state index contributed by atoms with van der Waals surface area (Å²) >= 11 is 1.20. The molecule has 1 aromatic carbocycles. The van der Waals surface area contributed by atoms with E-state index in [-0.39, 0.29) is 4.87 Å². The Balaban J connectivity index is 1.89. The smallest absolute Gasteiger partial charge is 0.329 e. The van der Waals surface area contributed by atoms with Crippen molar-refractivity contribution in [3.8, 4) is 0 Å². The maximum atomic E-state index is 12.0. The van der Waals surface area contributed by atoms with Gasteiger partial charge < -0.3 is 21.0 Å². The lowest BCUT2D eigenvalue weighted by Gasteiger charge is -2.33. The van der Waals surface area contributed by atoms with E-state index in [2.05, 4.69) is 22.2 Å². The summed E-state index contributed by atoms with van der Waals surface area (Å²) < 4.78 is 1.21. The van der Waals surface area contributed by atoms with Crippen LogP contribution in [0.5, 0.6) is 0 Å². The number of hydrogen-bond acceptors (Lipinski definition) is 6. The highest BCUT2D eigenvalue weighted by Crippen LogP contribution is 2.31. The molecule has 0 atom stereocenters. The minimum absolute atomic E-state index is 0.150. The number of likely N-dealkylation sites (N-methyl/N-ethyl adjacent to an activating group) is 1. The number of anilines is 3. The number of aryl methyl sites for hydroxylation is 1. The third-order valence-corrected chi connectivity index (χ3v) is 4.95. The summed E-state index contributed by atoms with van der Waals surface area (Å²) in [6.45, 7) is 5.82. The van der Waals surface area contributed by atoms with Gasteiger partial charge in [0.2, 0.25) is 0 Å². The van der Waals surface area contributed by atoms with Crippen LogP contribution in [0.15, 0.2) is 29.1 Å². The van der Waals surface area contributed by atoms with Gasteiger partial charge in [-0.15, -0.1) is 0 Å². The third kappa shape index (κ3) is 2.95. The zero-order valence-corrected chi connectivity index (χ0v) is 13.7. The van der Waals surface area contributed by atoms with Crippen molar-refractivity contribution in [3.63, 3.8) is 0 Å². The molecule has 0 spiro atoms. The molecule has 3 N–H and O–H groups in total. The first-order valence-electron chi connectivity index (χ1n) is 7.32. The Kier molecular flexibility index (Phi) is 4.08. The van der Waals surface area contributed by atoms with Gasteiger partial charge >= 0.3 is 4.87 Å². The molecule has 22 heavy (non-hydrogen) atoms. The van der Waals surface area contributed by atoms with Crippen LogP contribution in [0.2, 0.25) is 0 Å². The van der Waals surface area contributed by atoms with E-state index in [1.807, 2.05) is 31.2 Å². The zero-order chi connectivity index (χ0) is 15.7. The summed E-state index contributed by atoms with van der Waals surface area (Å²) in [7, 11) is 2.11. The number of nitrogens with one attached hydrogen (secondary N) is 1. The number of nitrogens with two attached hydrogens (primary N) is 1. The quantitative estimate of drug-likeness (QED) is 0.838. The molecule has 0 amide bonds. The Hall–Kier alpha value is -1.99. The molecule has 118 valence electrons. The van der Waals surface area contributed by atoms with Gasteiger partial charge in [-0.3, -0.25) is 4.79 Å². The second kappa shape index (κ2) is 6.02. The lowest BCUT2D eigenvalue weighted by atomic mass is 10.2. The van der Waals surface area contributed by atoms with Gasteiger partial charge in [0.05, 0.1) is 0 Å². The molecule has 3 rings (SSSR count). The highest BCUT2D eigenvalue weighted by molar-refractivity contribution is 7.14. The van der Waals surface area contributed by atoms with E-state index in [1.165, 1.54) is 21.6 Å². The summed E-state index contributed by atoms with van der Waals surface area (Å²) in [5.41, 5.74) is 2.12. The van der Waals surface area contributed by atoms with Crippen LogP contribution in [0.3, 0.4) is 0 Å². The lowest BCUT2D eigenvalue weighted by Crippen LogP contribution is -2.44. The van der Waals surface area contributed by atoms with Gasteiger partial charge in [-0.25, -0.2) is 0 Å². The van der Waals surface area contributed by atoms with Gasteiger partial charge in [-0.2, -0.15) is 4.68 Å². The van der Waals surface area contributed by atoms with Crippen molar-refractivity contribution in [2.45, 2.75) is 6.92 Å². The van der Waals surface area contributed by atoms with Crippen molar-refractivity contribution < 1.29 is 0 Å². The molecule has 0 radical (unpaired) electrons. The summed E-state index contributed by atoms with van der Waals surface area (Å²) in [6.07, 6.45) is 0. The van der Waals surface area contributed by atoms with E-state index in [9.17, 15) is 4.79 Å². The highest BCUT2D eigenvalue weighted by atomic mass is 32.1. The standard InChI is InChI=1S/C15H21N5OS/c1-11-3-5-12(6-4-11)17-13-14(22-15(21)20(13)16)19-9-7-18(2)8-10-19/h3-6,17H,7-10,16H2,1-2H3. The largest absolute Gasteiger partial charge is 0.358 e. The Bertz CT molecular complexity index is 698. The van der Waals surface area contributed by atoms with Crippen LogP contribution >= 0.6 is 11.3 Å². The maximum Gasteiger partial charge on any atom is 0.329 e. The predicted molar refractivity (Wildman–Crippen MR) is 92.9 cm³/mol. The second-order valence-electron chi connectivity index (χ2n) is 5.67. The number of nitrogens with zero attached hydrogens (tertiary/aromatic N) is 3. The van der Waals surface area contributed by atoms with Crippen LogP contribution < -0.4 is 20.9 Å². The van der Waals surface area contributed by atoms with Crippen molar-refractivity contribution >= 4 is 27.8 Å². The first-order valence-corrected chi connectivity index (χ1v) is 8.14. The Morgan fingerprint density at radius 2 is 1.77 bits per heavy atom. The summed E-state index contributed by atoms with van der Waals surface area (Å²) in [4.78, 5) is 16.4. The molecule has 1 aliphatic heterocycles. The zero-order valence-electron chi connectivity index (χ0n) is 12.9. The molecule has 1 aliphatic rings. The van der Waals surface area contributed by atoms with Crippen molar-refractivity contribution in [2.75, 3.05) is 49.3 Å². The van der Waals surface area contributed by atoms with Crippen LogP contribution in [-0.4, -0.2) is 42.8 Å². The van der Waals surface area contributed by atoms with Crippen LogP contribution in [0, 0.1) is 6.92 Å². The van der Waals surface area contributed by atoms with Gasteiger partial charge in [0.25, 0.3) is 0 Å². The molecule has 0 aliphatic carbocycles. The van der Waals surface area contributed by atoms with E-state index in [4.69, 9.17) is 5.84 Å². The molecular weight excluding hydrogens is 298 g/mol. The lowest BCUT2D eigenvalue weighted by molar-refractivity contribution is 0.313. The summed E-state index contributed by atoms with van der Waals surface area (Å²) in [6, 6.07) is 8.04. The molecule has 2 aromatic rings. The van der Waals surface area contributed by atoms with Crippen LogP contribution in [0.1, 0.15) is 5.56 Å². The molecule has 1 saturated heterocycles. The van der Waals surface area contributed by atoms with Crippen molar-refractivity contribution in [1.29, 1.82) is 0 Å². The van der Waals surface area contributed by atoms with Crippen molar-refractivity contribution in [2.24, 2.45) is 0 Å². The number of nitrogen functional groups attached to an aromatic ring is 1. The predicted octanol–water partition coefficient (Wildman–Crippen LogP) is 1.43. The van der Waals surface area contributed by atoms with Crippen LogP contribution in [0.4, 0.5) is 16.5 Å². The summed E-state index contributed by atoms with van der Waals surface area (Å²) in [5, 5.41) is 4.21. The fourth-order valence-electron chi connectivity index (χ4n) is 2.49. The molecular formula is C15H21N5OS. The Morgan fingerprint density at radius 1 is 1.14 bits per heavy atom. The molecule has 7 heteroatoms. The van der Waals surface area contributed by atoms with E-state index in [0.717, 1.165) is 36.9 Å². The third-order valence-electron chi connectivity index (χ3n) is 3.93. The van der Waals surface area contributed by atoms with E-state index < -0.39 is 0 Å². The molecule has 6 nitrogen and oxygen atoms in total. The topological polar surface area (TPSA) is 66.5 Å². The summed E-state index contributed by atoms with van der Waals surface area (Å²) in [5.74, 6) is 6.60. The number of benzene rings is 1. The van der Waals surface area contributed by atoms with E-state index >= 15 is 0 Å². The monoisotopic (exact) mass is 319 g/mol. The first-order chi connectivity index (χ1) is 10.5. The van der Waals surface area contributed by atoms with Gasteiger partial charge in [-0.05, 0) is 26.1 Å². The molecule has 1 fully saturated rings. The molecule has 0 bridgehead atoms. The molecule has 0 saturated carbocycles. The Labute approximate surface area is 133 Å². The van der Waals surface area contributed by atoms with Gasteiger partial charge in [-0.1, -0.05) is 29.0 Å². The SMILES string of the molecule is Cc1ccc(Nc2c(N3CCN(C)CC3)sc(=O)n2N)cc1. The molecule has 0 unspecified atom stereocenters. The average molecular weight is 319 g/mol. The van der Waals surface area contributed by atoms with E-state index in [1.54, 1.807) is 0 Å². The second-order valence-corrected chi connectivity index (χ2v) is 6.61. The van der Waals surface area contributed by atoms with Gasteiger partial charge in [0.15, 0.2) is 5.82 Å². The number of piperazine rings is 1. The fraction of sp³-hybridized carbons (Fsp3) is 0.400. The molecule has 1 aromatic heterocycles. The van der Waals surface area contributed by atoms with Gasteiger partial charge in [0.1, 0.15) is 5.00 Å². The number of rotatable bonds is 3. The van der Waals surface area contributed by atoms with Crippen molar-refractivity contribution in [3.05, 3.63) is 39.5 Å². The van der Waals surface area contributed by atoms with Crippen LogP contribution in [0.25, 0.3) is 0 Å². The number of thiazole rings is 1. The molecule has 2 heterocycles. The first kappa shape index (κ1) is 14.9. The number of hydrogen-bond donors (Lipinski definition) is 2.